The Kier molecular flexibility index (Phi) is 10.9. The first kappa shape index (κ1) is 38.2. The van der Waals surface area contributed by atoms with Crippen LogP contribution in [0.2, 0.25) is 0 Å². The van der Waals surface area contributed by atoms with Crippen LogP contribution in [-0.2, 0) is 19.1 Å². The molecule has 2 saturated heterocycles. The van der Waals surface area contributed by atoms with Crippen molar-refractivity contribution in [2.24, 2.45) is 11.8 Å². The molecule has 0 saturated carbocycles. The van der Waals surface area contributed by atoms with Crippen LogP contribution in [0.4, 0.5) is 9.59 Å². The minimum Gasteiger partial charge on any atom is -0.453 e. The summed E-state index contributed by atoms with van der Waals surface area (Å²) >= 11 is 0. The van der Waals surface area contributed by atoms with Crippen LogP contribution in [-0.4, -0.2) is 103 Å². The number of carbonyl (C=O) groups excluding carboxylic acids is 4. The highest BCUT2D eigenvalue weighted by Gasteiger charge is 2.39. The minimum atomic E-state index is -0.711. The first-order valence-electron chi connectivity index (χ1n) is 19.1. The monoisotopic (exact) mass is 764 g/mol. The van der Waals surface area contributed by atoms with Crippen LogP contribution in [0, 0.1) is 11.8 Å². The molecule has 0 bridgehead atoms. The Labute approximate surface area is 324 Å². The highest BCUT2D eigenvalue weighted by atomic mass is 16.5. The van der Waals surface area contributed by atoms with Gasteiger partial charge in [-0.25, -0.2) is 29.5 Å². The lowest BCUT2D eigenvalue weighted by molar-refractivity contribution is -0.136. The Balaban J connectivity index is 1.06. The number of rotatable bonds is 10. The summed E-state index contributed by atoms with van der Waals surface area (Å²) in [6, 6.07) is 10.2. The Bertz CT molecular complexity index is 2090. The third-order valence-electron chi connectivity index (χ3n) is 10.7. The third-order valence-corrected chi connectivity index (χ3v) is 10.7. The molecule has 0 aliphatic carbocycles. The number of methoxy groups -OCH3 is 2. The number of hydrogen-bond donors (Lipinski definition) is 4. The predicted octanol–water partition coefficient (Wildman–Crippen LogP) is 5.65. The van der Waals surface area contributed by atoms with Crippen molar-refractivity contribution in [2.75, 3.05) is 27.3 Å². The number of amides is 4. The highest BCUT2D eigenvalue weighted by Crippen LogP contribution is 2.35. The Morgan fingerprint density at radius 3 is 1.41 bits per heavy atom. The molecule has 4 aromatic heterocycles. The second-order valence-electron chi connectivity index (χ2n) is 15.1. The number of hydrogen-bond acceptors (Lipinski definition) is 10. The van der Waals surface area contributed by atoms with Crippen molar-refractivity contribution in [1.82, 2.24) is 50.3 Å². The molecule has 5 aromatic rings. The van der Waals surface area contributed by atoms with Crippen LogP contribution in [0.1, 0.15) is 77.1 Å². The van der Waals surface area contributed by atoms with Crippen LogP contribution in [0.3, 0.4) is 0 Å². The molecule has 1 aromatic carbocycles. The summed E-state index contributed by atoms with van der Waals surface area (Å²) in [7, 11) is 2.56. The van der Waals surface area contributed by atoms with Crippen LogP contribution < -0.4 is 10.6 Å². The number of alkyl carbamates (subject to hydrolysis) is 2. The molecule has 4 N–H and O–H groups in total. The number of nitrogens with zero attached hydrogens (tertiary/aromatic N) is 6. The van der Waals surface area contributed by atoms with E-state index in [1.807, 2.05) is 64.1 Å². The van der Waals surface area contributed by atoms with Crippen LogP contribution in [0.25, 0.3) is 44.6 Å². The largest absolute Gasteiger partial charge is 0.453 e. The maximum absolute atomic E-state index is 13.6. The van der Waals surface area contributed by atoms with Gasteiger partial charge in [-0.1, -0.05) is 52.0 Å². The molecule has 56 heavy (non-hydrogen) atoms. The van der Waals surface area contributed by atoms with E-state index in [1.165, 1.54) is 14.2 Å². The first-order valence-corrected chi connectivity index (χ1v) is 19.1. The number of H-pyrrole nitrogens is 2. The number of carbonyl (C=O) groups is 4. The van der Waals surface area contributed by atoms with Gasteiger partial charge in [0, 0.05) is 36.6 Å². The molecule has 2 aliphatic rings. The normalized spacial score (nSPS) is 18.1. The summed E-state index contributed by atoms with van der Waals surface area (Å²) < 4.78 is 9.52. The molecule has 6 heterocycles. The summed E-state index contributed by atoms with van der Waals surface area (Å²) in [4.78, 5) is 80.4. The van der Waals surface area contributed by atoms with Gasteiger partial charge < -0.3 is 39.9 Å². The number of ether oxygens (including phenoxy) is 2. The van der Waals surface area contributed by atoms with E-state index >= 15 is 0 Å². The zero-order chi connectivity index (χ0) is 39.7. The van der Waals surface area contributed by atoms with Gasteiger partial charge >= 0.3 is 12.2 Å². The number of aromatic amines is 2. The number of fused-ring (bicyclic) bond motifs is 2. The Morgan fingerprint density at radius 1 is 0.661 bits per heavy atom. The lowest BCUT2D eigenvalue weighted by atomic mass is 10.0. The van der Waals surface area contributed by atoms with E-state index in [9.17, 15) is 19.2 Å². The van der Waals surface area contributed by atoms with Crippen molar-refractivity contribution < 1.29 is 28.7 Å². The summed E-state index contributed by atoms with van der Waals surface area (Å²) in [6.07, 6.45) is 5.45. The smallest absolute Gasteiger partial charge is 0.407 e. The standard InChI is InChI=1S/C40H48N10O6/c1-21(2)31(45-39(53)55-5)37(51)49-15-7-9-29(49)35-43-27-17-25(19-41-33(27)47-35)23-11-13-24(14-12-23)26-18-28-34(42-20-26)48-36(44-28)30-10-8-16-50(30)38(52)32(22(3)4)46-40(54)56-6/h11-14,17-22,29-32H,7-10,15-16H2,1-6H3,(H,45,53)(H,46,54)(H,41,43,47)(H,42,44,48). The molecule has 0 radical (unpaired) electrons. The molecule has 0 spiro atoms. The van der Waals surface area contributed by atoms with Gasteiger partial charge in [0.05, 0.1) is 37.3 Å². The molecule has 7 rings (SSSR count). The van der Waals surface area contributed by atoms with Crippen molar-refractivity contribution >= 4 is 46.3 Å². The van der Waals surface area contributed by atoms with Crippen LogP contribution in [0.5, 0.6) is 0 Å². The zero-order valence-corrected chi connectivity index (χ0v) is 32.5. The lowest BCUT2D eigenvalue weighted by Crippen LogP contribution is -2.51. The number of nitrogens with one attached hydrogen (secondary N) is 4. The molecule has 4 amide bonds. The van der Waals surface area contributed by atoms with E-state index in [1.54, 1.807) is 22.2 Å². The maximum atomic E-state index is 13.6. The van der Waals surface area contributed by atoms with Gasteiger partial charge in [-0.15, -0.1) is 0 Å². The number of likely N-dealkylation sites (tertiary alicyclic amines) is 2. The minimum absolute atomic E-state index is 0.124. The van der Waals surface area contributed by atoms with E-state index < -0.39 is 24.3 Å². The van der Waals surface area contributed by atoms with Crippen LogP contribution in [0.15, 0.2) is 48.8 Å². The molecule has 4 atom stereocenters. The third kappa shape index (κ3) is 7.59. The number of imidazole rings is 2. The van der Waals surface area contributed by atoms with Crippen molar-refractivity contribution in [3.63, 3.8) is 0 Å². The maximum Gasteiger partial charge on any atom is 0.407 e. The molecular formula is C40H48N10O6. The van der Waals surface area contributed by atoms with E-state index in [-0.39, 0.29) is 35.7 Å². The SMILES string of the molecule is COC(=O)NC(C(=O)N1CCCC1c1nc2ncc(-c3ccc(-c4cnc5nc(C6CCCN6C(=O)C(NC(=O)OC)C(C)C)[nH]c5c4)cc3)cc2[nH]1)C(C)C. The quantitative estimate of drug-likeness (QED) is 0.138. The second-order valence-corrected chi connectivity index (χ2v) is 15.1. The Hall–Kier alpha value is -6.06. The van der Waals surface area contributed by atoms with E-state index in [4.69, 9.17) is 19.4 Å². The topological polar surface area (TPSA) is 200 Å². The van der Waals surface area contributed by atoms with E-state index in [2.05, 4.69) is 30.6 Å². The number of benzene rings is 1. The van der Waals surface area contributed by atoms with Gasteiger partial charge in [-0.05, 0) is 60.8 Å². The van der Waals surface area contributed by atoms with Crippen molar-refractivity contribution in [1.29, 1.82) is 0 Å². The Morgan fingerprint density at radius 2 is 1.05 bits per heavy atom. The number of pyridine rings is 2. The molecule has 2 fully saturated rings. The van der Waals surface area contributed by atoms with Crippen molar-refractivity contribution in [2.45, 2.75) is 77.5 Å². The average molecular weight is 765 g/mol. The van der Waals surface area contributed by atoms with E-state index in [0.29, 0.717) is 36.0 Å². The fourth-order valence-electron chi connectivity index (χ4n) is 7.71. The average Bonchev–Trinajstić information content (AvgIpc) is 4.03. The number of aromatic nitrogens is 6. The van der Waals surface area contributed by atoms with E-state index in [0.717, 1.165) is 59.0 Å². The summed E-state index contributed by atoms with van der Waals surface area (Å²) in [5, 5.41) is 5.38. The fraction of sp³-hybridized carbons (Fsp3) is 0.450. The van der Waals surface area contributed by atoms with Crippen molar-refractivity contribution in [3.05, 3.63) is 60.4 Å². The lowest BCUT2D eigenvalue weighted by Gasteiger charge is -2.29. The second kappa shape index (κ2) is 16.0. The van der Waals surface area contributed by atoms with Gasteiger partial charge in [0.25, 0.3) is 0 Å². The fourth-order valence-corrected chi connectivity index (χ4v) is 7.71. The predicted molar refractivity (Wildman–Crippen MR) is 208 cm³/mol. The van der Waals surface area contributed by atoms with Crippen LogP contribution >= 0.6 is 0 Å². The van der Waals surface area contributed by atoms with Gasteiger partial charge in [-0.3, -0.25) is 9.59 Å². The highest BCUT2D eigenvalue weighted by molar-refractivity contribution is 5.88. The van der Waals surface area contributed by atoms with Crippen molar-refractivity contribution in [3.8, 4) is 22.3 Å². The molecule has 16 heteroatoms. The molecule has 2 aliphatic heterocycles. The van der Waals surface area contributed by atoms with Gasteiger partial charge in [-0.2, -0.15) is 0 Å². The van der Waals surface area contributed by atoms with Gasteiger partial charge in [0.2, 0.25) is 11.8 Å². The summed E-state index contributed by atoms with van der Waals surface area (Å²) in [6.45, 7) is 8.70. The molecule has 16 nitrogen and oxygen atoms in total. The molecule has 294 valence electrons. The zero-order valence-electron chi connectivity index (χ0n) is 32.5. The summed E-state index contributed by atoms with van der Waals surface area (Å²) in [5.41, 5.74) is 6.41. The van der Waals surface area contributed by atoms with Gasteiger partial charge in [0.1, 0.15) is 23.7 Å². The van der Waals surface area contributed by atoms with Gasteiger partial charge in [0.15, 0.2) is 11.3 Å². The molecular weight excluding hydrogens is 717 g/mol. The summed E-state index contributed by atoms with van der Waals surface area (Å²) in [5.74, 6) is 0.755. The molecule has 4 unspecified atom stereocenters. The first-order chi connectivity index (χ1) is 26.9.